The molecule has 0 aliphatic rings. The van der Waals surface area contributed by atoms with Gasteiger partial charge in [0.05, 0.1) is 19.7 Å². The van der Waals surface area contributed by atoms with Gasteiger partial charge in [-0.25, -0.2) is 14.5 Å². The van der Waals surface area contributed by atoms with Gasteiger partial charge in [0, 0.05) is 0 Å². The highest BCUT2D eigenvalue weighted by molar-refractivity contribution is 6.22. The molecule has 14 heavy (non-hydrogen) atoms. The minimum absolute atomic E-state index is 0.0469. The summed E-state index contributed by atoms with van der Waals surface area (Å²) < 4.78 is 5.72. The van der Waals surface area contributed by atoms with Crippen LogP contribution in [0.4, 0.5) is 0 Å². The van der Waals surface area contributed by atoms with Gasteiger partial charge in [-0.05, 0) is 0 Å². The molecule has 0 aliphatic carbocycles. The average Bonchev–Trinajstić information content (AvgIpc) is 2.65. The maximum Gasteiger partial charge on any atom is 0.377 e. The van der Waals surface area contributed by atoms with Crippen molar-refractivity contribution >= 4 is 17.6 Å². The number of carbonyl (C=O) groups is 1. The first-order valence-electron chi connectivity index (χ1n) is 3.69. The smallest absolute Gasteiger partial charge is 0.377 e. The number of rotatable bonds is 3. The van der Waals surface area contributed by atoms with Crippen molar-refractivity contribution in [3.8, 4) is 6.07 Å². The minimum Gasteiger partial charge on any atom is -0.463 e. The zero-order valence-corrected chi connectivity index (χ0v) is 8.10. The van der Waals surface area contributed by atoms with Crippen molar-refractivity contribution in [2.24, 2.45) is 0 Å². The second-order valence-electron chi connectivity index (χ2n) is 2.38. The summed E-state index contributed by atoms with van der Waals surface area (Å²) in [7, 11) is 1.24. The van der Waals surface area contributed by atoms with Crippen molar-refractivity contribution in [3.63, 3.8) is 0 Å². The minimum atomic E-state index is -0.692. The summed E-state index contributed by atoms with van der Waals surface area (Å²) in [6.45, 7) is 0.183. The molecule has 0 saturated carbocycles. The van der Waals surface area contributed by atoms with E-state index in [-0.39, 0.29) is 12.4 Å². The Morgan fingerprint density at radius 3 is 3.21 bits per heavy atom. The number of hydrogen-bond acceptors (Lipinski definition) is 5. The number of halogens is 1. The Morgan fingerprint density at radius 1 is 1.93 bits per heavy atom. The molecule has 74 valence electrons. The maximum absolute atomic E-state index is 10.9. The molecule has 0 bridgehead atoms. The highest BCUT2D eigenvalue weighted by Gasteiger charge is 2.12. The molecule has 7 heteroatoms. The van der Waals surface area contributed by atoms with Crippen LogP contribution in [0.3, 0.4) is 0 Å². The topological polar surface area (TPSA) is 80.8 Å². The first kappa shape index (κ1) is 10.5. The van der Waals surface area contributed by atoms with E-state index in [0.29, 0.717) is 0 Å². The van der Waals surface area contributed by atoms with Crippen LogP contribution in [0.2, 0.25) is 0 Å². The number of aromatic nitrogens is 3. The molecule has 6 nitrogen and oxygen atoms in total. The molecule has 0 amide bonds. The van der Waals surface area contributed by atoms with Gasteiger partial charge in [0.15, 0.2) is 0 Å². The monoisotopic (exact) mass is 214 g/mol. The number of nitrogens with zero attached hydrogens (tertiary/aromatic N) is 4. The maximum atomic E-state index is 10.9. The first-order chi connectivity index (χ1) is 6.67. The lowest BCUT2D eigenvalue weighted by atomic mass is 10.5. The van der Waals surface area contributed by atoms with Crippen LogP contribution >= 0.6 is 11.6 Å². The van der Waals surface area contributed by atoms with Crippen LogP contribution in [0.1, 0.15) is 10.6 Å². The zero-order valence-electron chi connectivity index (χ0n) is 7.35. The molecule has 1 aromatic heterocycles. The predicted molar refractivity (Wildman–Crippen MR) is 46.6 cm³/mol. The van der Waals surface area contributed by atoms with Gasteiger partial charge in [0.25, 0.3) is 5.82 Å². The summed E-state index contributed by atoms with van der Waals surface area (Å²) in [6, 6.07) is 1.83. The third-order valence-electron chi connectivity index (χ3n) is 1.39. The second-order valence-corrected chi connectivity index (χ2v) is 2.91. The van der Waals surface area contributed by atoms with Crippen molar-refractivity contribution in [2.75, 3.05) is 7.11 Å². The number of nitriles is 1. The molecule has 1 heterocycles. The van der Waals surface area contributed by atoms with Crippen LogP contribution in [0.5, 0.6) is 0 Å². The van der Waals surface area contributed by atoms with Gasteiger partial charge < -0.3 is 4.74 Å². The van der Waals surface area contributed by atoms with E-state index < -0.39 is 11.3 Å². The molecule has 1 atom stereocenters. The Hall–Kier alpha value is -1.61. The summed E-state index contributed by atoms with van der Waals surface area (Å²) in [5, 5.41) is 11.5. The van der Waals surface area contributed by atoms with Crippen molar-refractivity contribution < 1.29 is 9.53 Å². The Morgan fingerprint density at radius 2 is 2.64 bits per heavy atom. The van der Waals surface area contributed by atoms with E-state index in [2.05, 4.69) is 14.8 Å². The molecule has 1 aromatic rings. The van der Waals surface area contributed by atoms with Crippen molar-refractivity contribution in [3.05, 3.63) is 12.2 Å². The van der Waals surface area contributed by atoms with Crippen LogP contribution < -0.4 is 0 Å². The van der Waals surface area contributed by atoms with Crippen molar-refractivity contribution in [1.82, 2.24) is 14.8 Å². The summed E-state index contributed by atoms with van der Waals surface area (Å²) in [4.78, 5) is 14.6. The van der Waals surface area contributed by atoms with E-state index >= 15 is 0 Å². The highest BCUT2D eigenvalue weighted by atomic mass is 35.5. The molecule has 0 aromatic carbocycles. The summed E-state index contributed by atoms with van der Waals surface area (Å²) in [5.41, 5.74) is 0. The molecule has 1 unspecified atom stereocenters. The second kappa shape index (κ2) is 4.58. The Kier molecular flexibility index (Phi) is 3.42. The fraction of sp³-hybridized carbons (Fsp3) is 0.429. The molecule has 1 rings (SSSR count). The van der Waals surface area contributed by atoms with Crippen LogP contribution in [-0.4, -0.2) is 33.2 Å². The van der Waals surface area contributed by atoms with E-state index in [1.165, 1.54) is 18.1 Å². The molecule has 0 N–H and O–H groups in total. The number of carbonyl (C=O) groups excluding carboxylic acids is 1. The number of hydrogen-bond donors (Lipinski definition) is 0. The molecular weight excluding hydrogens is 208 g/mol. The van der Waals surface area contributed by atoms with Crippen LogP contribution in [0, 0.1) is 11.3 Å². The van der Waals surface area contributed by atoms with E-state index in [0.717, 1.165) is 0 Å². The molecule has 0 aliphatic heterocycles. The largest absolute Gasteiger partial charge is 0.463 e. The lowest BCUT2D eigenvalue weighted by Crippen LogP contribution is -2.10. The van der Waals surface area contributed by atoms with Gasteiger partial charge in [-0.2, -0.15) is 5.26 Å². The molecule has 0 saturated heterocycles. The van der Waals surface area contributed by atoms with Gasteiger partial charge >= 0.3 is 5.97 Å². The summed E-state index contributed by atoms with van der Waals surface area (Å²) in [5.74, 6) is -0.666. The summed E-state index contributed by atoms with van der Waals surface area (Å²) >= 11 is 5.56. The predicted octanol–water partition coefficient (Wildman–Crippen LogP) is 0.196. The molecular formula is C7H7ClN4O2. The van der Waals surface area contributed by atoms with Gasteiger partial charge in [0.2, 0.25) is 0 Å². The quantitative estimate of drug-likeness (QED) is 0.530. The standard InChI is InChI=1S/C7H7ClN4O2/c1-14-7(13)6-10-4-12(11-6)3-5(8)2-9/h4-5H,3H2,1H3. The van der Waals surface area contributed by atoms with E-state index in [1.807, 2.05) is 6.07 Å². The lowest BCUT2D eigenvalue weighted by molar-refractivity contribution is 0.0586. The number of methoxy groups -OCH3 is 1. The normalized spacial score (nSPS) is 11.8. The third kappa shape index (κ3) is 2.44. The molecule has 0 radical (unpaired) electrons. The van der Waals surface area contributed by atoms with Gasteiger partial charge in [-0.15, -0.1) is 16.7 Å². The van der Waals surface area contributed by atoms with Gasteiger partial charge in [-0.1, -0.05) is 0 Å². The first-order valence-corrected chi connectivity index (χ1v) is 4.12. The van der Waals surface area contributed by atoms with Crippen LogP contribution in [-0.2, 0) is 11.3 Å². The zero-order chi connectivity index (χ0) is 10.6. The summed E-state index contributed by atoms with van der Waals surface area (Å²) in [6.07, 6.45) is 1.32. The van der Waals surface area contributed by atoms with E-state index in [9.17, 15) is 4.79 Å². The van der Waals surface area contributed by atoms with Crippen molar-refractivity contribution in [1.29, 1.82) is 5.26 Å². The van der Waals surface area contributed by atoms with E-state index in [1.54, 1.807) is 0 Å². The number of ether oxygens (including phenoxy) is 1. The van der Waals surface area contributed by atoms with E-state index in [4.69, 9.17) is 16.9 Å². The number of esters is 1. The third-order valence-corrected chi connectivity index (χ3v) is 1.63. The SMILES string of the molecule is COC(=O)c1ncn(CC(Cl)C#N)n1. The van der Waals surface area contributed by atoms with Crippen LogP contribution in [0.25, 0.3) is 0 Å². The average molecular weight is 215 g/mol. The highest BCUT2D eigenvalue weighted by Crippen LogP contribution is 1.99. The molecule has 0 spiro atoms. The number of alkyl halides is 1. The fourth-order valence-corrected chi connectivity index (χ4v) is 0.914. The van der Waals surface area contributed by atoms with Gasteiger partial charge in [0.1, 0.15) is 11.7 Å². The Balaban J connectivity index is 2.69. The molecule has 0 fully saturated rings. The lowest BCUT2D eigenvalue weighted by Gasteiger charge is -1.98. The Labute approximate surface area is 85.1 Å². The fourth-order valence-electron chi connectivity index (χ4n) is 0.772. The van der Waals surface area contributed by atoms with Crippen LogP contribution in [0.15, 0.2) is 6.33 Å². The van der Waals surface area contributed by atoms with Gasteiger partial charge in [-0.3, -0.25) is 0 Å². The Bertz CT molecular complexity index is 370. The van der Waals surface area contributed by atoms with Crippen molar-refractivity contribution in [2.45, 2.75) is 11.9 Å².